The predicted molar refractivity (Wildman–Crippen MR) is 122 cm³/mol. The Labute approximate surface area is 180 Å². The molecular formula is C27H49NO. The summed E-state index contributed by atoms with van der Waals surface area (Å²) in [4.78, 5) is 0. The van der Waals surface area contributed by atoms with Crippen LogP contribution in [0.15, 0.2) is 0 Å². The van der Waals surface area contributed by atoms with Crippen molar-refractivity contribution < 1.29 is 5.11 Å². The van der Waals surface area contributed by atoms with Gasteiger partial charge in [0.15, 0.2) is 0 Å². The number of fused-ring (bicyclic) bond motifs is 5. The molecule has 0 spiro atoms. The van der Waals surface area contributed by atoms with Crippen molar-refractivity contribution in [2.24, 2.45) is 58.0 Å². The molecule has 0 amide bonds. The molecule has 168 valence electrons. The topological polar surface area (TPSA) is 46.2 Å². The Kier molecular flexibility index (Phi) is 6.45. The summed E-state index contributed by atoms with van der Waals surface area (Å²) in [5, 5.41) is 9.33. The van der Waals surface area contributed by atoms with Gasteiger partial charge in [-0.15, -0.1) is 0 Å². The lowest BCUT2D eigenvalue weighted by molar-refractivity contribution is -0.121. The van der Waals surface area contributed by atoms with Gasteiger partial charge >= 0.3 is 0 Å². The van der Waals surface area contributed by atoms with Gasteiger partial charge in [0.25, 0.3) is 0 Å². The molecule has 0 heterocycles. The van der Waals surface area contributed by atoms with Crippen molar-refractivity contribution in [3.05, 3.63) is 0 Å². The molecule has 2 nitrogen and oxygen atoms in total. The van der Waals surface area contributed by atoms with Crippen LogP contribution < -0.4 is 5.73 Å². The van der Waals surface area contributed by atoms with E-state index in [4.69, 9.17) is 5.73 Å². The minimum atomic E-state index is 0.348. The Balaban J connectivity index is 1.46. The second-order valence-electron chi connectivity index (χ2n) is 12.6. The van der Waals surface area contributed by atoms with Gasteiger partial charge in [-0.1, -0.05) is 53.4 Å². The monoisotopic (exact) mass is 403 g/mol. The standard InChI is InChI=1S/C27H49NO/c1-18(17-29)8-7-9-19(2)21-11-12-22-20-16-25(28)24-10-5-6-14-26(24,3)23(20)13-15-27(21,22)4/h18-25,29H,5-17,28H2,1-4H3/t18?,19-,20+,21-,22+,23+,24?,25+,26-,27-/m1/s1. The first-order chi connectivity index (χ1) is 13.8. The summed E-state index contributed by atoms with van der Waals surface area (Å²) in [6, 6.07) is 0.459. The molecule has 0 radical (unpaired) electrons. The van der Waals surface area contributed by atoms with Gasteiger partial charge in [-0.05, 0) is 104 Å². The van der Waals surface area contributed by atoms with Gasteiger partial charge in [0.2, 0.25) is 0 Å². The maximum atomic E-state index is 9.33. The van der Waals surface area contributed by atoms with Gasteiger partial charge in [0.1, 0.15) is 0 Å². The first kappa shape index (κ1) is 22.1. The summed E-state index contributed by atoms with van der Waals surface area (Å²) in [6.07, 6.45) is 16.7. The molecule has 3 N–H and O–H groups in total. The van der Waals surface area contributed by atoms with E-state index in [1.165, 1.54) is 77.0 Å². The summed E-state index contributed by atoms with van der Waals surface area (Å²) in [5.74, 6) is 5.79. The number of hydrogen-bond acceptors (Lipinski definition) is 2. The van der Waals surface area contributed by atoms with E-state index in [0.717, 1.165) is 35.5 Å². The third-order valence-electron chi connectivity index (χ3n) is 11.1. The molecule has 0 aromatic heterocycles. The molecule has 4 saturated carbocycles. The molecule has 4 rings (SSSR count). The molecule has 10 atom stereocenters. The van der Waals surface area contributed by atoms with E-state index in [-0.39, 0.29) is 0 Å². The SMILES string of the molecule is CC(CO)CCC[C@@H](C)[C@H]1CC[C@H]2[C@@H]3C[C@H](N)C4CCCC[C@]4(C)[C@H]3CC[C@]12C. The van der Waals surface area contributed by atoms with E-state index < -0.39 is 0 Å². The van der Waals surface area contributed by atoms with Crippen molar-refractivity contribution in [1.29, 1.82) is 0 Å². The van der Waals surface area contributed by atoms with Crippen LogP contribution in [0.4, 0.5) is 0 Å². The third kappa shape index (κ3) is 3.73. The third-order valence-corrected chi connectivity index (χ3v) is 11.1. The largest absolute Gasteiger partial charge is 0.396 e. The lowest BCUT2D eigenvalue weighted by Crippen LogP contribution is -2.59. The first-order valence-electron chi connectivity index (χ1n) is 13.2. The van der Waals surface area contributed by atoms with Crippen LogP contribution in [0, 0.1) is 52.3 Å². The smallest absolute Gasteiger partial charge is 0.0456 e. The van der Waals surface area contributed by atoms with Crippen molar-refractivity contribution in [2.75, 3.05) is 6.61 Å². The number of aliphatic hydroxyl groups is 1. The molecule has 0 saturated heterocycles. The quantitative estimate of drug-likeness (QED) is 0.538. The van der Waals surface area contributed by atoms with Crippen LogP contribution in [0.25, 0.3) is 0 Å². The predicted octanol–water partition coefficient (Wildman–Crippen LogP) is 6.41. The lowest BCUT2D eigenvalue weighted by Gasteiger charge is -2.62. The van der Waals surface area contributed by atoms with Crippen LogP contribution in [0.2, 0.25) is 0 Å². The highest BCUT2D eigenvalue weighted by atomic mass is 16.3. The van der Waals surface area contributed by atoms with Gasteiger partial charge < -0.3 is 10.8 Å². The van der Waals surface area contributed by atoms with Gasteiger partial charge in [0, 0.05) is 12.6 Å². The number of nitrogens with two attached hydrogens (primary N) is 1. The number of aliphatic hydroxyl groups excluding tert-OH is 1. The van der Waals surface area contributed by atoms with Crippen LogP contribution in [0.5, 0.6) is 0 Å². The van der Waals surface area contributed by atoms with Gasteiger partial charge in [-0.25, -0.2) is 0 Å². The number of hydrogen-bond donors (Lipinski definition) is 2. The van der Waals surface area contributed by atoms with E-state index in [9.17, 15) is 5.11 Å². The van der Waals surface area contributed by atoms with Crippen molar-refractivity contribution in [3.8, 4) is 0 Å². The molecule has 4 aliphatic rings. The van der Waals surface area contributed by atoms with E-state index in [2.05, 4.69) is 27.7 Å². The molecule has 4 aliphatic carbocycles. The fourth-order valence-electron chi connectivity index (χ4n) is 9.52. The zero-order valence-corrected chi connectivity index (χ0v) is 19.8. The fraction of sp³-hybridized carbons (Fsp3) is 1.00. The maximum absolute atomic E-state index is 9.33. The maximum Gasteiger partial charge on any atom is 0.0456 e. The van der Waals surface area contributed by atoms with Crippen LogP contribution in [0.3, 0.4) is 0 Å². The van der Waals surface area contributed by atoms with Crippen LogP contribution in [-0.4, -0.2) is 17.8 Å². The molecule has 0 aromatic rings. The molecule has 0 aliphatic heterocycles. The average molecular weight is 404 g/mol. The first-order valence-corrected chi connectivity index (χ1v) is 13.2. The van der Waals surface area contributed by atoms with Crippen molar-refractivity contribution in [3.63, 3.8) is 0 Å². The Bertz CT molecular complexity index is 563. The second-order valence-corrected chi connectivity index (χ2v) is 12.6. The van der Waals surface area contributed by atoms with Gasteiger partial charge in [-0.3, -0.25) is 0 Å². The molecule has 0 bridgehead atoms. The van der Waals surface area contributed by atoms with E-state index in [1.54, 1.807) is 0 Å². The van der Waals surface area contributed by atoms with E-state index in [0.29, 0.717) is 29.4 Å². The average Bonchev–Trinajstić information content (AvgIpc) is 3.05. The van der Waals surface area contributed by atoms with E-state index in [1.807, 2.05) is 0 Å². The summed E-state index contributed by atoms with van der Waals surface area (Å²) in [6.45, 7) is 10.4. The number of rotatable bonds is 6. The lowest BCUT2D eigenvalue weighted by atomic mass is 9.43. The molecule has 2 heteroatoms. The second kappa shape index (κ2) is 8.45. The van der Waals surface area contributed by atoms with Crippen LogP contribution >= 0.6 is 0 Å². The highest BCUT2D eigenvalue weighted by Gasteiger charge is 2.61. The van der Waals surface area contributed by atoms with Crippen LogP contribution in [-0.2, 0) is 0 Å². The zero-order chi connectivity index (χ0) is 20.8. The Hall–Kier alpha value is -0.0800. The Morgan fingerprint density at radius 1 is 0.897 bits per heavy atom. The molecule has 2 unspecified atom stereocenters. The summed E-state index contributed by atoms with van der Waals surface area (Å²) >= 11 is 0. The molecule has 0 aromatic carbocycles. The van der Waals surface area contributed by atoms with Crippen LogP contribution in [0.1, 0.15) is 105 Å². The van der Waals surface area contributed by atoms with E-state index >= 15 is 0 Å². The van der Waals surface area contributed by atoms with Gasteiger partial charge in [0.05, 0.1) is 0 Å². The summed E-state index contributed by atoms with van der Waals surface area (Å²) in [5.41, 5.74) is 7.98. The zero-order valence-electron chi connectivity index (χ0n) is 19.8. The Morgan fingerprint density at radius 3 is 2.41 bits per heavy atom. The van der Waals surface area contributed by atoms with Crippen molar-refractivity contribution in [2.45, 2.75) is 111 Å². The molecule has 4 fully saturated rings. The highest BCUT2D eigenvalue weighted by molar-refractivity contribution is 5.11. The Morgan fingerprint density at radius 2 is 1.66 bits per heavy atom. The summed E-state index contributed by atoms with van der Waals surface area (Å²) in [7, 11) is 0. The highest BCUT2D eigenvalue weighted by Crippen LogP contribution is 2.68. The van der Waals surface area contributed by atoms with Crippen molar-refractivity contribution in [1.82, 2.24) is 0 Å². The summed E-state index contributed by atoms with van der Waals surface area (Å²) < 4.78 is 0. The molecular weight excluding hydrogens is 354 g/mol. The minimum absolute atomic E-state index is 0.348. The fourth-order valence-corrected chi connectivity index (χ4v) is 9.52. The van der Waals surface area contributed by atoms with Gasteiger partial charge in [-0.2, -0.15) is 0 Å². The normalized spacial score (nSPS) is 49.0. The molecule has 29 heavy (non-hydrogen) atoms. The minimum Gasteiger partial charge on any atom is -0.396 e. The van der Waals surface area contributed by atoms with Crippen molar-refractivity contribution >= 4 is 0 Å².